The largest absolute Gasteiger partial charge is 0.377 e. The van der Waals surface area contributed by atoms with E-state index in [1.165, 1.54) is 0 Å². The number of rotatable bonds is 5. The molecule has 5 nitrogen and oxygen atoms in total. The number of hydrogen-bond donors (Lipinski definition) is 2. The van der Waals surface area contributed by atoms with Crippen LogP contribution in [0.3, 0.4) is 0 Å². The van der Waals surface area contributed by atoms with Crippen LogP contribution in [0.2, 0.25) is 0 Å². The standard InChI is InChI=1S/C13H14Br2N4O/c1-16-11-6-12(19-13(18-11)7-20-2)17-10-5-8(14)3-4-9(10)15/h3-6H,7H2,1-2H3,(H2,16,17,18,19). The van der Waals surface area contributed by atoms with Crippen LogP contribution >= 0.6 is 31.9 Å². The van der Waals surface area contributed by atoms with Crippen molar-refractivity contribution in [2.75, 3.05) is 24.8 Å². The fourth-order valence-electron chi connectivity index (χ4n) is 1.61. The number of aromatic nitrogens is 2. The zero-order valence-electron chi connectivity index (χ0n) is 11.1. The Morgan fingerprint density at radius 2 is 1.90 bits per heavy atom. The van der Waals surface area contributed by atoms with Gasteiger partial charge in [-0.15, -0.1) is 0 Å². The minimum atomic E-state index is 0.365. The summed E-state index contributed by atoms with van der Waals surface area (Å²) >= 11 is 6.96. The van der Waals surface area contributed by atoms with Crippen molar-refractivity contribution < 1.29 is 4.74 Å². The highest BCUT2D eigenvalue weighted by Crippen LogP contribution is 2.29. The highest BCUT2D eigenvalue weighted by molar-refractivity contribution is 9.11. The second kappa shape index (κ2) is 7.01. The average molecular weight is 402 g/mol. The fourth-order valence-corrected chi connectivity index (χ4v) is 2.32. The van der Waals surface area contributed by atoms with Crippen LogP contribution in [0.25, 0.3) is 0 Å². The summed E-state index contributed by atoms with van der Waals surface area (Å²) in [6, 6.07) is 7.74. The van der Waals surface area contributed by atoms with Crippen molar-refractivity contribution in [3.05, 3.63) is 39.0 Å². The molecule has 0 radical (unpaired) electrons. The molecule has 1 aromatic carbocycles. The first kappa shape index (κ1) is 15.2. The number of hydrogen-bond acceptors (Lipinski definition) is 5. The first-order valence-corrected chi connectivity index (χ1v) is 7.47. The number of anilines is 3. The summed E-state index contributed by atoms with van der Waals surface area (Å²) in [6.45, 7) is 0.365. The second-order valence-corrected chi connectivity index (χ2v) is 5.76. The van der Waals surface area contributed by atoms with Gasteiger partial charge in [0, 0.05) is 29.2 Å². The Labute approximate surface area is 134 Å². The molecule has 1 heterocycles. The molecular formula is C13H14Br2N4O. The smallest absolute Gasteiger partial charge is 0.158 e. The molecule has 0 aliphatic rings. The number of nitrogens with one attached hydrogen (secondary N) is 2. The Kier molecular flexibility index (Phi) is 5.33. The van der Waals surface area contributed by atoms with E-state index in [0.29, 0.717) is 18.2 Å². The van der Waals surface area contributed by atoms with Gasteiger partial charge in [0.05, 0.1) is 5.69 Å². The van der Waals surface area contributed by atoms with Crippen LogP contribution in [-0.4, -0.2) is 24.1 Å². The number of nitrogens with zero attached hydrogens (tertiary/aromatic N) is 2. The van der Waals surface area contributed by atoms with E-state index in [2.05, 4.69) is 52.5 Å². The summed E-state index contributed by atoms with van der Waals surface area (Å²) in [7, 11) is 3.44. The molecule has 2 rings (SSSR count). The normalized spacial score (nSPS) is 10.4. The molecule has 0 atom stereocenters. The third kappa shape index (κ3) is 3.91. The Hall–Kier alpha value is -1.18. The predicted molar refractivity (Wildman–Crippen MR) is 87.4 cm³/mol. The fraction of sp³-hybridized carbons (Fsp3) is 0.231. The van der Waals surface area contributed by atoms with Gasteiger partial charge in [0.2, 0.25) is 0 Å². The molecule has 0 saturated heterocycles. The highest BCUT2D eigenvalue weighted by Gasteiger charge is 2.06. The van der Waals surface area contributed by atoms with Crippen LogP contribution in [0, 0.1) is 0 Å². The third-order valence-electron chi connectivity index (χ3n) is 2.49. The number of ether oxygens (including phenoxy) is 1. The van der Waals surface area contributed by atoms with Crippen molar-refractivity contribution in [2.24, 2.45) is 0 Å². The first-order valence-electron chi connectivity index (χ1n) is 5.89. The summed E-state index contributed by atoms with van der Waals surface area (Å²) in [5.74, 6) is 2.06. The van der Waals surface area contributed by atoms with Crippen molar-refractivity contribution >= 4 is 49.2 Å². The molecule has 0 aliphatic carbocycles. The van der Waals surface area contributed by atoms with Crippen LogP contribution in [-0.2, 0) is 11.3 Å². The van der Waals surface area contributed by atoms with Gasteiger partial charge in [-0.25, -0.2) is 9.97 Å². The van der Waals surface area contributed by atoms with Gasteiger partial charge >= 0.3 is 0 Å². The van der Waals surface area contributed by atoms with Gasteiger partial charge in [-0.3, -0.25) is 0 Å². The molecule has 0 saturated carbocycles. The highest BCUT2D eigenvalue weighted by atomic mass is 79.9. The first-order chi connectivity index (χ1) is 9.62. The number of benzene rings is 1. The van der Waals surface area contributed by atoms with Crippen LogP contribution in [0.1, 0.15) is 5.82 Å². The summed E-state index contributed by atoms with van der Waals surface area (Å²) in [5.41, 5.74) is 0.920. The maximum atomic E-state index is 5.08. The van der Waals surface area contributed by atoms with Crippen molar-refractivity contribution in [1.82, 2.24) is 9.97 Å². The van der Waals surface area contributed by atoms with E-state index < -0.39 is 0 Å². The van der Waals surface area contributed by atoms with Gasteiger partial charge in [-0.1, -0.05) is 15.9 Å². The molecule has 0 amide bonds. The Bertz CT molecular complexity index is 607. The molecule has 0 spiro atoms. The minimum Gasteiger partial charge on any atom is -0.377 e. The zero-order chi connectivity index (χ0) is 14.5. The van der Waals surface area contributed by atoms with Crippen molar-refractivity contribution in [3.63, 3.8) is 0 Å². The molecule has 20 heavy (non-hydrogen) atoms. The topological polar surface area (TPSA) is 59.1 Å². The monoisotopic (exact) mass is 400 g/mol. The molecule has 0 unspecified atom stereocenters. The Morgan fingerprint density at radius 3 is 2.60 bits per heavy atom. The van der Waals surface area contributed by atoms with Crippen LogP contribution in [0.15, 0.2) is 33.2 Å². The number of methoxy groups -OCH3 is 1. The van der Waals surface area contributed by atoms with E-state index in [0.717, 1.165) is 20.5 Å². The van der Waals surface area contributed by atoms with Crippen LogP contribution in [0.5, 0.6) is 0 Å². The third-order valence-corrected chi connectivity index (χ3v) is 3.68. The van der Waals surface area contributed by atoms with Crippen molar-refractivity contribution in [1.29, 1.82) is 0 Å². The quantitative estimate of drug-likeness (QED) is 0.794. The second-order valence-electron chi connectivity index (χ2n) is 3.99. The van der Waals surface area contributed by atoms with Gasteiger partial charge in [0.25, 0.3) is 0 Å². The lowest BCUT2D eigenvalue weighted by Gasteiger charge is -2.11. The summed E-state index contributed by atoms with van der Waals surface area (Å²) in [5, 5.41) is 6.27. The van der Waals surface area contributed by atoms with E-state index in [1.807, 2.05) is 31.3 Å². The van der Waals surface area contributed by atoms with Crippen molar-refractivity contribution in [3.8, 4) is 0 Å². The minimum absolute atomic E-state index is 0.365. The molecule has 2 N–H and O–H groups in total. The zero-order valence-corrected chi connectivity index (χ0v) is 14.2. The number of halogens is 2. The molecule has 7 heteroatoms. The Morgan fingerprint density at radius 1 is 1.15 bits per heavy atom. The summed E-state index contributed by atoms with van der Waals surface area (Å²) in [6.07, 6.45) is 0. The lowest BCUT2D eigenvalue weighted by Crippen LogP contribution is -2.05. The van der Waals surface area contributed by atoms with Gasteiger partial charge in [-0.05, 0) is 34.1 Å². The molecule has 2 aromatic rings. The lowest BCUT2D eigenvalue weighted by molar-refractivity contribution is 0.178. The molecule has 106 valence electrons. The van der Waals surface area contributed by atoms with Crippen molar-refractivity contribution in [2.45, 2.75) is 6.61 Å². The van der Waals surface area contributed by atoms with E-state index in [-0.39, 0.29) is 0 Å². The van der Waals surface area contributed by atoms with Crippen LogP contribution < -0.4 is 10.6 Å². The van der Waals surface area contributed by atoms with Gasteiger partial charge in [0.15, 0.2) is 5.82 Å². The molecule has 0 bridgehead atoms. The lowest BCUT2D eigenvalue weighted by atomic mass is 10.3. The predicted octanol–water partition coefficient (Wildman–Crippen LogP) is 3.93. The molecule has 1 aromatic heterocycles. The maximum absolute atomic E-state index is 5.08. The van der Waals surface area contributed by atoms with Gasteiger partial charge in [0.1, 0.15) is 18.2 Å². The van der Waals surface area contributed by atoms with Gasteiger partial charge in [-0.2, -0.15) is 0 Å². The van der Waals surface area contributed by atoms with E-state index in [9.17, 15) is 0 Å². The summed E-state index contributed by atoms with van der Waals surface area (Å²) in [4.78, 5) is 8.73. The van der Waals surface area contributed by atoms with Crippen LogP contribution in [0.4, 0.5) is 17.3 Å². The van der Waals surface area contributed by atoms with E-state index >= 15 is 0 Å². The summed E-state index contributed by atoms with van der Waals surface area (Å²) < 4.78 is 7.02. The molecule has 0 aliphatic heterocycles. The van der Waals surface area contributed by atoms with E-state index in [1.54, 1.807) is 7.11 Å². The van der Waals surface area contributed by atoms with Gasteiger partial charge < -0.3 is 15.4 Å². The molecular weight excluding hydrogens is 388 g/mol. The van der Waals surface area contributed by atoms with E-state index in [4.69, 9.17) is 4.74 Å². The molecule has 0 fully saturated rings. The SMILES string of the molecule is CNc1cc(Nc2cc(Br)ccc2Br)nc(COC)n1. The maximum Gasteiger partial charge on any atom is 0.158 e. The average Bonchev–Trinajstić information content (AvgIpc) is 2.43. The Balaban J connectivity index is 2.32.